The van der Waals surface area contributed by atoms with Gasteiger partial charge in [0, 0.05) is 11.5 Å². The lowest BCUT2D eigenvalue weighted by Gasteiger charge is -2.08. The number of rotatable bonds is 7. The second-order valence-corrected chi connectivity index (χ2v) is 4.39. The largest absolute Gasteiger partial charge is 0.493 e. The van der Waals surface area contributed by atoms with Crippen LogP contribution in [0.2, 0.25) is 0 Å². The number of aromatic nitrogens is 2. The van der Waals surface area contributed by atoms with E-state index in [9.17, 15) is 0 Å². The molecule has 1 aromatic carbocycles. The molecular formula is C14H20N4O. The highest BCUT2D eigenvalue weighted by molar-refractivity contribution is 5.88. The van der Waals surface area contributed by atoms with Crippen molar-refractivity contribution in [3.8, 4) is 5.75 Å². The third-order valence-electron chi connectivity index (χ3n) is 2.83. The molecule has 0 aliphatic carbocycles. The molecule has 0 fully saturated rings. The van der Waals surface area contributed by atoms with E-state index < -0.39 is 0 Å². The van der Waals surface area contributed by atoms with Gasteiger partial charge in [-0.15, -0.1) is 0 Å². The number of benzene rings is 1. The first-order chi connectivity index (χ1) is 9.31. The first kappa shape index (κ1) is 13.5. The van der Waals surface area contributed by atoms with Crippen LogP contribution in [0.3, 0.4) is 0 Å². The molecule has 1 heterocycles. The fourth-order valence-electron chi connectivity index (χ4n) is 1.84. The predicted molar refractivity (Wildman–Crippen MR) is 77.2 cm³/mol. The molecule has 0 saturated heterocycles. The zero-order chi connectivity index (χ0) is 13.5. The van der Waals surface area contributed by atoms with Gasteiger partial charge in [-0.1, -0.05) is 6.92 Å². The Labute approximate surface area is 113 Å². The highest BCUT2D eigenvalue weighted by atomic mass is 16.5. The molecule has 0 bridgehead atoms. The van der Waals surface area contributed by atoms with E-state index in [0.717, 1.165) is 42.6 Å². The molecule has 0 spiro atoms. The van der Waals surface area contributed by atoms with Crippen LogP contribution in [0.1, 0.15) is 19.8 Å². The molecule has 0 aliphatic rings. The molecule has 19 heavy (non-hydrogen) atoms. The molecule has 0 aliphatic heterocycles. The van der Waals surface area contributed by atoms with Crippen molar-refractivity contribution < 1.29 is 4.74 Å². The number of anilines is 1. The van der Waals surface area contributed by atoms with Gasteiger partial charge in [0.2, 0.25) is 0 Å². The van der Waals surface area contributed by atoms with E-state index in [1.165, 1.54) is 6.33 Å². The van der Waals surface area contributed by atoms with Crippen molar-refractivity contribution >= 4 is 16.7 Å². The third kappa shape index (κ3) is 3.79. The number of hydrogen-bond donors (Lipinski definition) is 2. The summed E-state index contributed by atoms with van der Waals surface area (Å²) in [4.78, 5) is 8.15. The summed E-state index contributed by atoms with van der Waals surface area (Å²) in [5.41, 5.74) is 6.59. The van der Waals surface area contributed by atoms with E-state index in [0.29, 0.717) is 12.4 Å². The second kappa shape index (κ2) is 6.89. The van der Waals surface area contributed by atoms with Crippen LogP contribution in [0.15, 0.2) is 24.5 Å². The van der Waals surface area contributed by atoms with E-state index >= 15 is 0 Å². The number of nitrogens with two attached hydrogens (primary N) is 1. The molecule has 0 radical (unpaired) electrons. The topological polar surface area (TPSA) is 73.1 Å². The van der Waals surface area contributed by atoms with Gasteiger partial charge < -0.3 is 15.8 Å². The number of nitrogen functional groups attached to an aromatic ring is 1. The number of hydrogen-bond acceptors (Lipinski definition) is 5. The molecule has 0 amide bonds. The Morgan fingerprint density at radius 3 is 3.00 bits per heavy atom. The molecule has 2 aromatic rings. The van der Waals surface area contributed by atoms with Gasteiger partial charge in [0.05, 0.1) is 12.1 Å². The van der Waals surface area contributed by atoms with Crippen molar-refractivity contribution in [2.75, 3.05) is 25.4 Å². The van der Waals surface area contributed by atoms with Gasteiger partial charge in [-0.05, 0) is 38.1 Å². The summed E-state index contributed by atoms with van der Waals surface area (Å²) >= 11 is 0. The normalized spacial score (nSPS) is 10.8. The maximum atomic E-state index is 5.77. The number of fused-ring (bicyclic) bond motifs is 1. The lowest BCUT2D eigenvalue weighted by atomic mass is 10.2. The molecule has 0 saturated carbocycles. The molecule has 5 nitrogen and oxygen atoms in total. The number of nitrogens with zero attached hydrogens (tertiary/aromatic N) is 2. The van der Waals surface area contributed by atoms with Gasteiger partial charge in [0.1, 0.15) is 17.9 Å². The van der Waals surface area contributed by atoms with Gasteiger partial charge in [-0.25, -0.2) is 9.97 Å². The monoisotopic (exact) mass is 260 g/mol. The minimum atomic E-state index is 0.500. The fraction of sp³-hybridized carbons (Fsp3) is 0.429. The predicted octanol–water partition coefficient (Wildman–Crippen LogP) is 1.98. The highest BCUT2D eigenvalue weighted by Gasteiger charge is 2.02. The van der Waals surface area contributed by atoms with E-state index in [2.05, 4.69) is 22.2 Å². The Morgan fingerprint density at radius 2 is 2.16 bits per heavy atom. The summed E-state index contributed by atoms with van der Waals surface area (Å²) in [6.07, 6.45) is 3.62. The van der Waals surface area contributed by atoms with Crippen LogP contribution in [0.4, 0.5) is 5.82 Å². The summed E-state index contributed by atoms with van der Waals surface area (Å²) < 4.78 is 5.69. The Kier molecular flexibility index (Phi) is 4.92. The maximum absolute atomic E-state index is 5.77. The van der Waals surface area contributed by atoms with Crippen molar-refractivity contribution in [3.63, 3.8) is 0 Å². The molecule has 3 N–H and O–H groups in total. The van der Waals surface area contributed by atoms with Crippen LogP contribution in [0.5, 0.6) is 5.75 Å². The average Bonchev–Trinajstić information content (AvgIpc) is 2.43. The average molecular weight is 260 g/mol. The third-order valence-corrected chi connectivity index (χ3v) is 2.83. The van der Waals surface area contributed by atoms with Crippen LogP contribution >= 0.6 is 0 Å². The van der Waals surface area contributed by atoms with Crippen molar-refractivity contribution in [2.24, 2.45) is 0 Å². The minimum Gasteiger partial charge on any atom is -0.493 e. The maximum Gasteiger partial charge on any atom is 0.134 e. The summed E-state index contributed by atoms with van der Waals surface area (Å²) in [6, 6.07) is 5.70. The molecular weight excluding hydrogens is 240 g/mol. The van der Waals surface area contributed by atoms with Crippen molar-refractivity contribution in [1.82, 2.24) is 15.3 Å². The van der Waals surface area contributed by atoms with Gasteiger partial charge >= 0.3 is 0 Å². The smallest absolute Gasteiger partial charge is 0.134 e. The molecule has 5 heteroatoms. The zero-order valence-corrected chi connectivity index (χ0v) is 11.2. The van der Waals surface area contributed by atoms with Crippen LogP contribution in [0.25, 0.3) is 10.9 Å². The van der Waals surface area contributed by atoms with Crippen molar-refractivity contribution in [2.45, 2.75) is 19.8 Å². The SMILES string of the molecule is CCCNCCCOc1ccc2c(N)ncnc2c1. The molecule has 102 valence electrons. The Balaban J connectivity index is 1.88. The first-order valence-corrected chi connectivity index (χ1v) is 6.65. The highest BCUT2D eigenvalue weighted by Crippen LogP contribution is 2.21. The summed E-state index contributed by atoms with van der Waals surface area (Å²) in [5.74, 6) is 1.32. The lowest BCUT2D eigenvalue weighted by molar-refractivity contribution is 0.308. The lowest BCUT2D eigenvalue weighted by Crippen LogP contribution is -2.18. The standard InChI is InChI=1S/C14H20N4O/c1-2-6-16-7-3-8-19-11-4-5-12-13(9-11)17-10-18-14(12)15/h4-5,9-10,16H,2-3,6-8H2,1H3,(H2,15,17,18). The summed E-state index contributed by atoms with van der Waals surface area (Å²) in [5, 5.41) is 4.20. The van der Waals surface area contributed by atoms with E-state index in [1.54, 1.807) is 0 Å². The molecule has 0 unspecified atom stereocenters. The Hall–Kier alpha value is -1.88. The summed E-state index contributed by atoms with van der Waals surface area (Å²) in [6.45, 7) is 4.90. The molecule has 0 atom stereocenters. The van der Waals surface area contributed by atoms with Crippen LogP contribution in [0, 0.1) is 0 Å². The Bertz CT molecular complexity index is 530. The van der Waals surface area contributed by atoms with E-state index in [-0.39, 0.29) is 0 Å². The van der Waals surface area contributed by atoms with E-state index in [4.69, 9.17) is 10.5 Å². The molecule has 1 aromatic heterocycles. The fourth-order valence-corrected chi connectivity index (χ4v) is 1.84. The van der Waals surface area contributed by atoms with Crippen molar-refractivity contribution in [1.29, 1.82) is 0 Å². The second-order valence-electron chi connectivity index (χ2n) is 4.39. The molecule has 2 rings (SSSR count). The van der Waals surface area contributed by atoms with Crippen molar-refractivity contribution in [3.05, 3.63) is 24.5 Å². The van der Waals surface area contributed by atoms with E-state index in [1.807, 2.05) is 18.2 Å². The number of nitrogens with one attached hydrogen (secondary N) is 1. The first-order valence-electron chi connectivity index (χ1n) is 6.65. The number of ether oxygens (including phenoxy) is 1. The van der Waals surface area contributed by atoms with Gasteiger partial charge in [-0.2, -0.15) is 0 Å². The Morgan fingerprint density at radius 1 is 1.26 bits per heavy atom. The van der Waals surface area contributed by atoms with Crippen LogP contribution < -0.4 is 15.8 Å². The van der Waals surface area contributed by atoms with Gasteiger partial charge in [0.25, 0.3) is 0 Å². The zero-order valence-electron chi connectivity index (χ0n) is 11.2. The van der Waals surface area contributed by atoms with Gasteiger partial charge in [0.15, 0.2) is 0 Å². The van der Waals surface area contributed by atoms with Crippen LogP contribution in [-0.4, -0.2) is 29.7 Å². The summed E-state index contributed by atoms with van der Waals surface area (Å²) in [7, 11) is 0. The van der Waals surface area contributed by atoms with Crippen LogP contribution in [-0.2, 0) is 0 Å². The minimum absolute atomic E-state index is 0.500. The van der Waals surface area contributed by atoms with Gasteiger partial charge in [-0.3, -0.25) is 0 Å². The quantitative estimate of drug-likeness (QED) is 0.745.